The summed E-state index contributed by atoms with van der Waals surface area (Å²) in [5.74, 6) is 0. The minimum Gasteiger partial charge on any atom is -0.306 e. The maximum atomic E-state index is 3.42. The van der Waals surface area contributed by atoms with E-state index in [0.29, 0.717) is 0 Å². The van der Waals surface area contributed by atoms with Crippen molar-refractivity contribution in [3.63, 3.8) is 0 Å². The SMILES string of the molecule is CCCCN(C)CCCBr. The fourth-order valence-electron chi connectivity index (χ4n) is 0.870. The Hall–Kier alpha value is 0.440. The number of hydrogen-bond donors (Lipinski definition) is 0. The molecule has 0 heterocycles. The second kappa shape index (κ2) is 7.55. The van der Waals surface area contributed by atoms with E-state index in [1.807, 2.05) is 0 Å². The van der Waals surface area contributed by atoms with E-state index in [0.717, 1.165) is 5.33 Å². The Morgan fingerprint density at radius 1 is 1.20 bits per heavy atom. The van der Waals surface area contributed by atoms with E-state index >= 15 is 0 Å². The molecule has 0 saturated carbocycles. The first-order valence-electron chi connectivity index (χ1n) is 4.05. The minimum atomic E-state index is 1.13. The lowest BCUT2D eigenvalue weighted by Gasteiger charge is -2.14. The monoisotopic (exact) mass is 207 g/mol. The maximum Gasteiger partial charge on any atom is 0.00434 e. The fraction of sp³-hybridized carbons (Fsp3) is 1.00. The summed E-state index contributed by atoms with van der Waals surface area (Å²) in [7, 11) is 2.19. The summed E-state index contributed by atoms with van der Waals surface area (Å²) in [6.45, 7) is 4.72. The molecule has 0 aliphatic carbocycles. The lowest BCUT2D eigenvalue weighted by atomic mass is 10.3. The fourth-order valence-corrected chi connectivity index (χ4v) is 1.12. The van der Waals surface area contributed by atoms with Crippen LogP contribution in [0.5, 0.6) is 0 Å². The molecule has 0 aromatic rings. The standard InChI is InChI=1S/C8H18BrN/c1-3-4-7-10(2)8-5-6-9/h3-8H2,1-2H3. The molecule has 0 aromatic heterocycles. The van der Waals surface area contributed by atoms with Gasteiger partial charge in [-0.3, -0.25) is 0 Å². The van der Waals surface area contributed by atoms with Crippen molar-refractivity contribution in [2.45, 2.75) is 26.2 Å². The summed E-state index contributed by atoms with van der Waals surface area (Å²) in [5, 5.41) is 1.13. The molecule has 0 unspecified atom stereocenters. The molecule has 0 amide bonds. The van der Waals surface area contributed by atoms with Gasteiger partial charge < -0.3 is 4.90 Å². The summed E-state index contributed by atoms with van der Waals surface area (Å²) in [4.78, 5) is 2.39. The van der Waals surface area contributed by atoms with Gasteiger partial charge in [0.15, 0.2) is 0 Å². The van der Waals surface area contributed by atoms with Gasteiger partial charge in [-0.05, 0) is 33.0 Å². The first-order valence-corrected chi connectivity index (χ1v) is 5.18. The number of hydrogen-bond acceptors (Lipinski definition) is 1. The van der Waals surface area contributed by atoms with E-state index < -0.39 is 0 Å². The van der Waals surface area contributed by atoms with E-state index in [1.54, 1.807) is 0 Å². The minimum absolute atomic E-state index is 1.13. The van der Waals surface area contributed by atoms with Gasteiger partial charge >= 0.3 is 0 Å². The molecule has 0 radical (unpaired) electrons. The van der Waals surface area contributed by atoms with Crippen LogP contribution in [-0.4, -0.2) is 30.4 Å². The van der Waals surface area contributed by atoms with Crippen LogP contribution in [0.1, 0.15) is 26.2 Å². The predicted molar refractivity (Wildman–Crippen MR) is 50.8 cm³/mol. The Morgan fingerprint density at radius 2 is 1.80 bits per heavy atom. The number of rotatable bonds is 6. The van der Waals surface area contributed by atoms with E-state index in [9.17, 15) is 0 Å². The molecule has 0 aliphatic heterocycles. The largest absolute Gasteiger partial charge is 0.306 e. The molecule has 0 aromatic carbocycles. The highest BCUT2D eigenvalue weighted by Crippen LogP contribution is 1.94. The average Bonchev–Trinajstić information content (AvgIpc) is 1.97. The first-order chi connectivity index (χ1) is 4.81. The molecule has 0 spiro atoms. The molecule has 0 rings (SSSR count). The summed E-state index contributed by atoms with van der Waals surface area (Å²) < 4.78 is 0. The normalized spacial score (nSPS) is 10.8. The first kappa shape index (κ1) is 10.4. The lowest BCUT2D eigenvalue weighted by molar-refractivity contribution is 0.330. The third-order valence-electron chi connectivity index (χ3n) is 1.57. The quantitative estimate of drug-likeness (QED) is 0.606. The van der Waals surface area contributed by atoms with Gasteiger partial charge in [0.2, 0.25) is 0 Å². The molecular weight excluding hydrogens is 190 g/mol. The molecule has 0 aliphatic rings. The molecule has 0 bridgehead atoms. The number of unbranched alkanes of at least 4 members (excludes halogenated alkanes) is 1. The molecular formula is C8H18BrN. The second-order valence-corrected chi connectivity index (χ2v) is 3.49. The molecule has 0 saturated heterocycles. The van der Waals surface area contributed by atoms with Crippen LogP contribution in [0.3, 0.4) is 0 Å². The van der Waals surface area contributed by atoms with E-state index in [-0.39, 0.29) is 0 Å². The Labute approximate surface area is 72.9 Å². The van der Waals surface area contributed by atoms with Crippen LogP contribution in [-0.2, 0) is 0 Å². The van der Waals surface area contributed by atoms with E-state index in [4.69, 9.17) is 0 Å². The van der Waals surface area contributed by atoms with Gasteiger partial charge in [-0.25, -0.2) is 0 Å². The van der Waals surface area contributed by atoms with Gasteiger partial charge in [0.05, 0.1) is 0 Å². The van der Waals surface area contributed by atoms with Gasteiger partial charge in [0, 0.05) is 5.33 Å². The van der Waals surface area contributed by atoms with E-state index in [1.165, 1.54) is 32.4 Å². The van der Waals surface area contributed by atoms with Crippen molar-refractivity contribution in [1.82, 2.24) is 4.90 Å². The number of nitrogens with zero attached hydrogens (tertiary/aromatic N) is 1. The summed E-state index contributed by atoms with van der Waals surface area (Å²) in [6.07, 6.45) is 3.90. The van der Waals surface area contributed by atoms with Crippen molar-refractivity contribution in [1.29, 1.82) is 0 Å². The van der Waals surface area contributed by atoms with Crippen LogP contribution in [0.15, 0.2) is 0 Å². The highest BCUT2D eigenvalue weighted by Gasteiger charge is 1.94. The van der Waals surface area contributed by atoms with Crippen LogP contribution in [0.4, 0.5) is 0 Å². The maximum absolute atomic E-state index is 3.42. The Kier molecular flexibility index (Phi) is 7.88. The molecule has 0 atom stereocenters. The predicted octanol–water partition coefficient (Wildman–Crippen LogP) is 2.50. The van der Waals surface area contributed by atoms with Gasteiger partial charge in [-0.2, -0.15) is 0 Å². The summed E-state index contributed by atoms with van der Waals surface area (Å²) >= 11 is 3.42. The lowest BCUT2D eigenvalue weighted by Crippen LogP contribution is -2.20. The van der Waals surface area contributed by atoms with Gasteiger partial charge in [-0.15, -0.1) is 0 Å². The van der Waals surface area contributed by atoms with Crippen molar-refractivity contribution in [2.75, 3.05) is 25.5 Å². The van der Waals surface area contributed by atoms with Crippen LogP contribution < -0.4 is 0 Å². The van der Waals surface area contributed by atoms with Crippen LogP contribution >= 0.6 is 15.9 Å². The third kappa shape index (κ3) is 6.56. The van der Waals surface area contributed by atoms with Gasteiger partial charge in [0.25, 0.3) is 0 Å². The topological polar surface area (TPSA) is 3.24 Å². The van der Waals surface area contributed by atoms with Gasteiger partial charge in [-0.1, -0.05) is 29.3 Å². The van der Waals surface area contributed by atoms with Crippen molar-refractivity contribution in [2.24, 2.45) is 0 Å². The highest BCUT2D eigenvalue weighted by molar-refractivity contribution is 9.09. The Morgan fingerprint density at radius 3 is 2.30 bits per heavy atom. The Bertz CT molecular complexity index is 58.3. The molecule has 1 nitrogen and oxygen atoms in total. The Balaban J connectivity index is 3.00. The second-order valence-electron chi connectivity index (χ2n) is 2.70. The van der Waals surface area contributed by atoms with Crippen LogP contribution in [0, 0.1) is 0 Å². The van der Waals surface area contributed by atoms with Crippen molar-refractivity contribution >= 4 is 15.9 Å². The zero-order chi connectivity index (χ0) is 7.82. The average molecular weight is 208 g/mol. The smallest absolute Gasteiger partial charge is 0.00434 e. The summed E-state index contributed by atoms with van der Waals surface area (Å²) in [5.41, 5.74) is 0. The van der Waals surface area contributed by atoms with Crippen molar-refractivity contribution in [3.05, 3.63) is 0 Å². The van der Waals surface area contributed by atoms with Crippen LogP contribution in [0.25, 0.3) is 0 Å². The van der Waals surface area contributed by atoms with Crippen molar-refractivity contribution < 1.29 is 0 Å². The third-order valence-corrected chi connectivity index (χ3v) is 2.13. The van der Waals surface area contributed by atoms with Crippen molar-refractivity contribution in [3.8, 4) is 0 Å². The molecule has 0 N–H and O–H groups in total. The summed E-state index contributed by atoms with van der Waals surface area (Å²) in [6, 6.07) is 0. The molecule has 2 heteroatoms. The zero-order valence-corrected chi connectivity index (χ0v) is 8.65. The number of halogens is 1. The van der Waals surface area contributed by atoms with Crippen LogP contribution in [0.2, 0.25) is 0 Å². The molecule has 0 fully saturated rings. The molecule has 10 heavy (non-hydrogen) atoms. The van der Waals surface area contributed by atoms with E-state index in [2.05, 4.69) is 34.8 Å². The molecule has 62 valence electrons. The zero-order valence-electron chi connectivity index (χ0n) is 7.07. The number of alkyl halides is 1. The van der Waals surface area contributed by atoms with Gasteiger partial charge in [0.1, 0.15) is 0 Å². The highest BCUT2D eigenvalue weighted by atomic mass is 79.9.